The van der Waals surface area contributed by atoms with Crippen LogP contribution in [0.4, 0.5) is 0 Å². The lowest BCUT2D eigenvalue weighted by Gasteiger charge is -2.19. The van der Waals surface area contributed by atoms with Crippen molar-refractivity contribution >= 4 is 5.91 Å². The van der Waals surface area contributed by atoms with Crippen LogP contribution < -0.4 is 15.0 Å². The molecule has 0 unspecified atom stereocenters. The summed E-state index contributed by atoms with van der Waals surface area (Å²) in [5.74, 6) is 1.09. The summed E-state index contributed by atoms with van der Waals surface area (Å²) in [6.07, 6.45) is 0. The molecule has 0 aliphatic carbocycles. The highest BCUT2D eigenvalue weighted by molar-refractivity contribution is 5.93. The van der Waals surface area contributed by atoms with Crippen LogP contribution in [0.1, 0.15) is 21.5 Å². The van der Waals surface area contributed by atoms with Crippen molar-refractivity contribution in [3.05, 3.63) is 59.2 Å². The average molecular weight is 328 g/mol. The number of fused-ring (bicyclic) bond motifs is 1. The molecule has 0 radical (unpaired) electrons. The molecule has 1 amide bonds. The molecular formula is C18H20N2O4. The molecule has 126 valence electrons. The van der Waals surface area contributed by atoms with Crippen molar-refractivity contribution in [2.45, 2.75) is 13.1 Å². The van der Waals surface area contributed by atoms with E-state index in [1.165, 1.54) is 5.56 Å². The molecule has 2 aromatic rings. The summed E-state index contributed by atoms with van der Waals surface area (Å²) in [4.78, 5) is 13.8. The van der Waals surface area contributed by atoms with E-state index in [4.69, 9.17) is 14.7 Å². The first-order valence-electron chi connectivity index (χ1n) is 7.75. The minimum atomic E-state index is -0.524. The van der Waals surface area contributed by atoms with Crippen molar-refractivity contribution in [1.82, 2.24) is 10.4 Å². The number of hydrogen-bond donors (Lipinski definition) is 2. The van der Waals surface area contributed by atoms with Crippen LogP contribution in [-0.4, -0.2) is 36.3 Å². The summed E-state index contributed by atoms with van der Waals surface area (Å²) in [5.41, 5.74) is 4.19. The van der Waals surface area contributed by atoms with E-state index in [2.05, 4.69) is 4.90 Å². The van der Waals surface area contributed by atoms with Crippen molar-refractivity contribution in [3.63, 3.8) is 0 Å². The number of hydrogen-bond acceptors (Lipinski definition) is 5. The van der Waals surface area contributed by atoms with Crippen LogP contribution in [0.5, 0.6) is 11.5 Å². The van der Waals surface area contributed by atoms with Gasteiger partial charge < -0.3 is 9.47 Å². The summed E-state index contributed by atoms with van der Waals surface area (Å²) in [6, 6.07) is 13.2. The van der Waals surface area contributed by atoms with E-state index in [9.17, 15) is 4.79 Å². The Hall–Kier alpha value is -2.57. The number of hydroxylamine groups is 1. The normalized spacial score (nSPS) is 14.2. The Morgan fingerprint density at radius 2 is 2.08 bits per heavy atom. The Morgan fingerprint density at radius 1 is 1.29 bits per heavy atom. The fraction of sp³-hybridized carbons (Fsp3) is 0.278. The highest BCUT2D eigenvalue weighted by atomic mass is 16.5. The van der Waals surface area contributed by atoms with Gasteiger partial charge in [0.15, 0.2) is 0 Å². The predicted molar refractivity (Wildman–Crippen MR) is 88.3 cm³/mol. The average Bonchev–Trinajstić information content (AvgIpc) is 2.82. The molecule has 1 heterocycles. The molecular weight excluding hydrogens is 308 g/mol. The molecule has 0 bridgehead atoms. The molecule has 0 saturated carbocycles. The Bertz CT molecular complexity index is 715. The van der Waals surface area contributed by atoms with Crippen LogP contribution in [0.15, 0.2) is 42.5 Å². The van der Waals surface area contributed by atoms with Gasteiger partial charge in [-0.25, -0.2) is 5.48 Å². The highest BCUT2D eigenvalue weighted by Gasteiger charge is 2.17. The molecule has 6 nitrogen and oxygen atoms in total. The quantitative estimate of drug-likeness (QED) is 0.665. The van der Waals surface area contributed by atoms with Gasteiger partial charge in [0.05, 0.1) is 7.11 Å². The van der Waals surface area contributed by atoms with E-state index in [-0.39, 0.29) is 0 Å². The van der Waals surface area contributed by atoms with Gasteiger partial charge in [-0.2, -0.15) is 0 Å². The summed E-state index contributed by atoms with van der Waals surface area (Å²) >= 11 is 0. The molecule has 0 atom stereocenters. The second-order valence-electron chi connectivity index (χ2n) is 5.67. The number of carbonyl (C=O) groups excluding carboxylic acids is 1. The first-order chi connectivity index (χ1) is 11.7. The number of rotatable bonds is 4. The minimum absolute atomic E-state index is 0.408. The lowest BCUT2D eigenvalue weighted by molar-refractivity contribution is 0.0706. The summed E-state index contributed by atoms with van der Waals surface area (Å²) in [6.45, 7) is 2.84. The minimum Gasteiger partial charge on any atom is -0.497 e. The second kappa shape index (κ2) is 7.33. The van der Waals surface area contributed by atoms with Crippen molar-refractivity contribution in [3.8, 4) is 11.5 Å². The number of methoxy groups -OCH3 is 1. The van der Waals surface area contributed by atoms with Gasteiger partial charge in [-0.15, -0.1) is 0 Å². The van der Waals surface area contributed by atoms with Gasteiger partial charge in [0.1, 0.15) is 18.1 Å². The van der Waals surface area contributed by atoms with E-state index < -0.39 is 5.91 Å². The standard InChI is InChI=1S/C18H20N2O4/c1-23-16-5-2-13(3-6-16)11-20-8-9-24-17-7-4-14(18(21)19-22)10-15(17)12-20/h2-7,10,22H,8-9,11-12H2,1H3,(H,19,21). The molecule has 2 aromatic carbocycles. The second-order valence-corrected chi connectivity index (χ2v) is 5.67. The molecule has 0 saturated heterocycles. The Labute approximate surface area is 140 Å². The molecule has 1 aliphatic rings. The third kappa shape index (κ3) is 3.67. The smallest absolute Gasteiger partial charge is 0.274 e. The van der Waals surface area contributed by atoms with Crippen LogP contribution in [0.2, 0.25) is 0 Å². The summed E-state index contributed by atoms with van der Waals surface area (Å²) in [5, 5.41) is 8.79. The topological polar surface area (TPSA) is 71.0 Å². The molecule has 3 rings (SSSR count). The van der Waals surface area contributed by atoms with Crippen LogP contribution in [0.25, 0.3) is 0 Å². The maximum Gasteiger partial charge on any atom is 0.274 e. The zero-order valence-corrected chi connectivity index (χ0v) is 13.5. The third-order valence-corrected chi connectivity index (χ3v) is 4.05. The van der Waals surface area contributed by atoms with Gasteiger partial charge in [0.2, 0.25) is 0 Å². The van der Waals surface area contributed by atoms with Gasteiger partial charge in [-0.1, -0.05) is 12.1 Å². The van der Waals surface area contributed by atoms with Gasteiger partial charge >= 0.3 is 0 Å². The highest BCUT2D eigenvalue weighted by Crippen LogP contribution is 2.25. The number of ether oxygens (including phenoxy) is 2. The van der Waals surface area contributed by atoms with Crippen LogP contribution in [-0.2, 0) is 13.1 Å². The van der Waals surface area contributed by atoms with Gasteiger partial charge in [0.25, 0.3) is 5.91 Å². The predicted octanol–water partition coefficient (Wildman–Crippen LogP) is 2.21. The van der Waals surface area contributed by atoms with E-state index in [1.807, 2.05) is 24.3 Å². The molecule has 1 aliphatic heterocycles. The lowest BCUT2D eigenvalue weighted by atomic mass is 10.1. The Morgan fingerprint density at radius 3 is 2.79 bits per heavy atom. The molecule has 24 heavy (non-hydrogen) atoms. The number of nitrogens with one attached hydrogen (secondary N) is 1. The maximum atomic E-state index is 11.6. The third-order valence-electron chi connectivity index (χ3n) is 4.05. The summed E-state index contributed by atoms with van der Waals surface area (Å²) < 4.78 is 10.9. The van der Waals surface area contributed by atoms with Gasteiger partial charge in [-0.05, 0) is 35.9 Å². The van der Waals surface area contributed by atoms with Crippen molar-refractivity contribution < 1.29 is 19.5 Å². The van der Waals surface area contributed by atoms with Crippen molar-refractivity contribution in [2.24, 2.45) is 0 Å². The molecule has 0 spiro atoms. The monoisotopic (exact) mass is 328 g/mol. The number of carbonyl (C=O) groups is 1. The van der Waals surface area contributed by atoms with E-state index >= 15 is 0 Å². The van der Waals surface area contributed by atoms with Crippen LogP contribution in [0.3, 0.4) is 0 Å². The lowest BCUT2D eigenvalue weighted by Crippen LogP contribution is -2.25. The van der Waals surface area contributed by atoms with Crippen LogP contribution >= 0.6 is 0 Å². The van der Waals surface area contributed by atoms with E-state index in [0.29, 0.717) is 18.7 Å². The zero-order chi connectivity index (χ0) is 16.9. The molecule has 2 N–H and O–H groups in total. The summed E-state index contributed by atoms with van der Waals surface area (Å²) in [7, 11) is 1.65. The van der Waals surface area contributed by atoms with Crippen molar-refractivity contribution in [1.29, 1.82) is 0 Å². The maximum absolute atomic E-state index is 11.6. The fourth-order valence-corrected chi connectivity index (χ4v) is 2.78. The molecule has 0 fully saturated rings. The fourth-order valence-electron chi connectivity index (χ4n) is 2.78. The van der Waals surface area contributed by atoms with Gasteiger partial charge in [0, 0.05) is 30.8 Å². The van der Waals surface area contributed by atoms with Gasteiger partial charge in [-0.3, -0.25) is 14.9 Å². The van der Waals surface area contributed by atoms with Crippen LogP contribution in [0, 0.1) is 0 Å². The largest absolute Gasteiger partial charge is 0.497 e. The number of nitrogens with zero attached hydrogens (tertiary/aromatic N) is 1. The number of benzene rings is 2. The number of amides is 1. The van der Waals surface area contributed by atoms with Crippen molar-refractivity contribution in [2.75, 3.05) is 20.3 Å². The van der Waals surface area contributed by atoms with E-state index in [0.717, 1.165) is 30.2 Å². The SMILES string of the molecule is COc1ccc(CN2CCOc3ccc(C(=O)NO)cc3C2)cc1. The first-order valence-corrected chi connectivity index (χ1v) is 7.75. The van der Waals surface area contributed by atoms with E-state index in [1.54, 1.807) is 30.8 Å². The Balaban J connectivity index is 1.76. The zero-order valence-electron chi connectivity index (χ0n) is 13.5. The Kier molecular flexibility index (Phi) is 4.98. The molecule has 0 aromatic heterocycles. The first kappa shape index (κ1) is 16.3. The molecule has 6 heteroatoms.